The molecule has 3 rings (SSSR count). The zero-order valence-electron chi connectivity index (χ0n) is 13.1. The standard InChI is InChI=1S/C15H20BN3O5/c17-10-4-5-19(7-10)8-13(20)18-12-6-9-2-1-3-11(15(21)22)14(9)24-16(12)23/h1-3,10,12,23H,4-8,17H2,(H,18,20)(H,21,22)/t10-,12?/m0/s1. The molecule has 1 amide bonds. The predicted molar refractivity (Wildman–Crippen MR) is 86.7 cm³/mol. The number of fused-ring (bicyclic) bond motifs is 1. The van der Waals surface area contributed by atoms with Crippen molar-refractivity contribution in [2.75, 3.05) is 19.6 Å². The Morgan fingerprint density at radius 1 is 1.46 bits per heavy atom. The summed E-state index contributed by atoms with van der Waals surface area (Å²) in [5, 5.41) is 22.0. The van der Waals surface area contributed by atoms with Crippen LogP contribution in [0.15, 0.2) is 18.2 Å². The molecule has 128 valence electrons. The molecule has 2 atom stereocenters. The molecule has 0 aliphatic carbocycles. The van der Waals surface area contributed by atoms with Crippen LogP contribution in [-0.4, -0.2) is 65.6 Å². The maximum absolute atomic E-state index is 12.2. The SMILES string of the molecule is N[C@H]1CCN(CC(=O)NC2Cc3cccc(C(=O)O)c3OB2O)C1. The van der Waals surface area contributed by atoms with Gasteiger partial charge in [0.25, 0.3) is 0 Å². The Labute approximate surface area is 139 Å². The lowest BCUT2D eigenvalue weighted by atomic mass is 9.72. The van der Waals surface area contributed by atoms with Crippen molar-refractivity contribution in [3.05, 3.63) is 29.3 Å². The molecular formula is C15H20BN3O5. The molecular weight excluding hydrogens is 313 g/mol. The van der Waals surface area contributed by atoms with E-state index < -0.39 is 19.0 Å². The molecule has 9 heteroatoms. The summed E-state index contributed by atoms with van der Waals surface area (Å²) in [6.45, 7) is 1.68. The number of nitrogens with one attached hydrogen (secondary N) is 1. The monoisotopic (exact) mass is 333 g/mol. The number of carbonyl (C=O) groups is 2. The fourth-order valence-electron chi connectivity index (χ4n) is 3.18. The number of likely N-dealkylation sites (tertiary alicyclic amines) is 1. The van der Waals surface area contributed by atoms with Crippen molar-refractivity contribution in [2.45, 2.75) is 24.8 Å². The van der Waals surface area contributed by atoms with Crippen molar-refractivity contribution >= 4 is 19.0 Å². The number of carbonyl (C=O) groups excluding carboxylic acids is 1. The predicted octanol–water partition coefficient (Wildman–Crippen LogP) is -1.14. The molecule has 1 fully saturated rings. The second-order valence-corrected chi connectivity index (χ2v) is 6.27. The van der Waals surface area contributed by atoms with E-state index >= 15 is 0 Å². The highest BCUT2D eigenvalue weighted by Crippen LogP contribution is 2.30. The number of para-hydroxylation sites is 1. The first kappa shape index (κ1) is 16.8. The number of nitrogens with two attached hydrogens (primary N) is 1. The molecule has 0 aromatic heterocycles. The molecule has 1 aromatic carbocycles. The molecule has 0 saturated carbocycles. The van der Waals surface area contributed by atoms with Gasteiger partial charge in [0.15, 0.2) is 0 Å². The van der Waals surface area contributed by atoms with Crippen LogP contribution < -0.4 is 15.7 Å². The van der Waals surface area contributed by atoms with Gasteiger partial charge in [0.05, 0.1) is 18.0 Å². The van der Waals surface area contributed by atoms with Gasteiger partial charge in [-0.15, -0.1) is 0 Å². The molecule has 0 spiro atoms. The number of rotatable bonds is 4. The van der Waals surface area contributed by atoms with Crippen molar-refractivity contribution in [1.29, 1.82) is 0 Å². The third kappa shape index (κ3) is 3.53. The van der Waals surface area contributed by atoms with Crippen LogP contribution >= 0.6 is 0 Å². The highest BCUT2D eigenvalue weighted by atomic mass is 16.5. The molecule has 0 bridgehead atoms. The van der Waals surface area contributed by atoms with Crippen LogP contribution in [0.4, 0.5) is 0 Å². The maximum Gasteiger partial charge on any atom is 0.547 e. The summed E-state index contributed by atoms with van der Waals surface area (Å²) in [7, 11) is -1.29. The molecule has 2 aliphatic rings. The first-order valence-electron chi connectivity index (χ1n) is 7.91. The van der Waals surface area contributed by atoms with Crippen molar-refractivity contribution < 1.29 is 24.4 Å². The summed E-state index contributed by atoms with van der Waals surface area (Å²) < 4.78 is 5.35. The van der Waals surface area contributed by atoms with Gasteiger partial charge in [0.1, 0.15) is 5.75 Å². The zero-order valence-corrected chi connectivity index (χ0v) is 13.1. The number of hydrogen-bond donors (Lipinski definition) is 4. The number of aromatic carboxylic acids is 1. The van der Waals surface area contributed by atoms with E-state index in [1.54, 1.807) is 12.1 Å². The maximum atomic E-state index is 12.2. The summed E-state index contributed by atoms with van der Waals surface area (Å²) in [5.41, 5.74) is 6.47. The molecule has 24 heavy (non-hydrogen) atoms. The summed E-state index contributed by atoms with van der Waals surface area (Å²) in [5.74, 6) is -1.79. The molecule has 1 saturated heterocycles. The second kappa shape index (κ2) is 6.80. The topological polar surface area (TPSA) is 125 Å². The van der Waals surface area contributed by atoms with Crippen molar-refractivity contribution in [3.8, 4) is 5.75 Å². The number of amides is 1. The summed E-state index contributed by atoms with van der Waals surface area (Å²) in [6, 6.07) is 4.87. The van der Waals surface area contributed by atoms with E-state index in [1.165, 1.54) is 6.07 Å². The van der Waals surface area contributed by atoms with E-state index in [2.05, 4.69) is 5.32 Å². The van der Waals surface area contributed by atoms with Gasteiger partial charge in [-0.05, 0) is 24.5 Å². The van der Waals surface area contributed by atoms with Gasteiger partial charge in [0, 0.05) is 19.1 Å². The molecule has 2 heterocycles. The van der Waals surface area contributed by atoms with E-state index in [0.29, 0.717) is 18.5 Å². The number of carboxylic acid groups (broad SMARTS) is 1. The first-order chi connectivity index (χ1) is 11.4. The minimum absolute atomic E-state index is 0.00220. The van der Waals surface area contributed by atoms with Gasteiger partial charge >= 0.3 is 13.1 Å². The fraction of sp³-hybridized carbons (Fsp3) is 0.467. The van der Waals surface area contributed by atoms with Gasteiger partial charge in [-0.25, -0.2) is 4.79 Å². The van der Waals surface area contributed by atoms with Gasteiger partial charge in [-0.2, -0.15) is 0 Å². The van der Waals surface area contributed by atoms with Gasteiger partial charge in [-0.1, -0.05) is 12.1 Å². The Hall–Kier alpha value is -2.10. The molecule has 8 nitrogen and oxygen atoms in total. The highest BCUT2D eigenvalue weighted by molar-refractivity contribution is 6.47. The normalized spacial score (nSPS) is 23.5. The summed E-state index contributed by atoms with van der Waals surface area (Å²) >= 11 is 0. The van der Waals surface area contributed by atoms with Crippen LogP contribution in [0.1, 0.15) is 22.3 Å². The smallest absolute Gasteiger partial charge is 0.534 e. The van der Waals surface area contributed by atoms with Crippen LogP contribution in [0, 0.1) is 0 Å². The van der Waals surface area contributed by atoms with Crippen LogP contribution in [0.2, 0.25) is 0 Å². The van der Waals surface area contributed by atoms with E-state index in [1.807, 2.05) is 4.90 Å². The van der Waals surface area contributed by atoms with Crippen molar-refractivity contribution in [2.24, 2.45) is 5.73 Å². The van der Waals surface area contributed by atoms with Crippen molar-refractivity contribution in [1.82, 2.24) is 10.2 Å². The van der Waals surface area contributed by atoms with E-state index in [9.17, 15) is 19.7 Å². The Morgan fingerprint density at radius 3 is 2.92 bits per heavy atom. The number of benzene rings is 1. The lowest BCUT2D eigenvalue weighted by Gasteiger charge is -2.29. The van der Waals surface area contributed by atoms with Crippen LogP contribution in [0.3, 0.4) is 0 Å². The quantitative estimate of drug-likeness (QED) is 0.513. The third-order valence-corrected chi connectivity index (χ3v) is 4.37. The average Bonchev–Trinajstić information content (AvgIpc) is 2.92. The summed E-state index contributed by atoms with van der Waals surface area (Å²) in [6.07, 6.45) is 1.18. The number of carboxylic acids is 1. The van der Waals surface area contributed by atoms with Crippen LogP contribution in [-0.2, 0) is 11.2 Å². The Bertz CT molecular complexity index is 656. The Morgan fingerprint density at radius 2 is 2.25 bits per heavy atom. The molecule has 1 aromatic rings. The van der Waals surface area contributed by atoms with Gasteiger partial charge < -0.3 is 25.8 Å². The van der Waals surface area contributed by atoms with Crippen LogP contribution in [0.25, 0.3) is 0 Å². The minimum Gasteiger partial charge on any atom is -0.534 e. The summed E-state index contributed by atoms with van der Waals surface area (Å²) in [4.78, 5) is 25.3. The first-order valence-corrected chi connectivity index (χ1v) is 7.91. The van der Waals surface area contributed by atoms with Crippen LogP contribution in [0.5, 0.6) is 5.75 Å². The van der Waals surface area contributed by atoms with E-state index in [0.717, 1.165) is 13.0 Å². The van der Waals surface area contributed by atoms with Crippen molar-refractivity contribution in [3.63, 3.8) is 0 Å². The number of nitrogens with zero attached hydrogens (tertiary/aromatic N) is 1. The molecule has 0 radical (unpaired) electrons. The number of hydrogen-bond acceptors (Lipinski definition) is 6. The minimum atomic E-state index is -1.29. The van der Waals surface area contributed by atoms with Gasteiger partial charge in [-0.3, -0.25) is 9.69 Å². The highest BCUT2D eigenvalue weighted by Gasteiger charge is 2.38. The molecule has 5 N–H and O–H groups in total. The average molecular weight is 333 g/mol. The Kier molecular flexibility index (Phi) is 4.75. The lowest BCUT2D eigenvalue weighted by Crippen LogP contribution is -2.54. The van der Waals surface area contributed by atoms with Gasteiger partial charge in [0.2, 0.25) is 5.91 Å². The lowest BCUT2D eigenvalue weighted by molar-refractivity contribution is -0.122. The molecule has 2 aliphatic heterocycles. The largest absolute Gasteiger partial charge is 0.547 e. The fourth-order valence-corrected chi connectivity index (χ4v) is 3.18. The zero-order chi connectivity index (χ0) is 17.3. The third-order valence-electron chi connectivity index (χ3n) is 4.37. The van der Waals surface area contributed by atoms with E-state index in [4.69, 9.17) is 10.4 Å². The Balaban J connectivity index is 1.65. The second-order valence-electron chi connectivity index (χ2n) is 6.27. The molecule has 1 unspecified atom stereocenters. The van der Waals surface area contributed by atoms with E-state index in [-0.39, 0.29) is 29.8 Å².